The van der Waals surface area contributed by atoms with E-state index < -0.39 is 0 Å². The van der Waals surface area contributed by atoms with Crippen LogP contribution in [0.5, 0.6) is 0 Å². The Morgan fingerprint density at radius 3 is 2.67 bits per heavy atom. The SMILES string of the molecule is C1CC(CC2COCCN2)C1.Cl. The molecule has 2 aliphatic rings. The van der Waals surface area contributed by atoms with E-state index in [0.29, 0.717) is 6.04 Å². The highest BCUT2D eigenvalue weighted by Gasteiger charge is 2.22. The normalized spacial score (nSPS) is 30.5. The highest BCUT2D eigenvalue weighted by Crippen LogP contribution is 2.30. The van der Waals surface area contributed by atoms with E-state index in [-0.39, 0.29) is 12.4 Å². The van der Waals surface area contributed by atoms with Crippen LogP contribution >= 0.6 is 12.4 Å². The molecule has 1 aliphatic carbocycles. The van der Waals surface area contributed by atoms with Crippen LogP contribution in [0.4, 0.5) is 0 Å². The molecular formula is C9H18ClNO. The molecule has 0 spiro atoms. The Kier molecular flexibility index (Phi) is 4.33. The number of hydrogen-bond donors (Lipinski definition) is 1. The topological polar surface area (TPSA) is 21.3 Å². The molecule has 72 valence electrons. The summed E-state index contributed by atoms with van der Waals surface area (Å²) < 4.78 is 5.39. The van der Waals surface area contributed by atoms with Crippen molar-refractivity contribution in [3.63, 3.8) is 0 Å². The van der Waals surface area contributed by atoms with Crippen molar-refractivity contribution in [2.45, 2.75) is 31.7 Å². The van der Waals surface area contributed by atoms with E-state index in [0.717, 1.165) is 25.7 Å². The van der Waals surface area contributed by atoms with Crippen molar-refractivity contribution in [1.29, 1.82) is 0 Å². The lowest BCUT2D eigenvalue weighted by Crippen LogP contribution is -2.42. The zero-order valence-corrected chi connectivity index (χ0v) is 8.24. The molecule has 12 heavy (non-hydrogen) atoms. The molecule has 1 atom stereocenters. The van der Waals surface area contributed by atoms with Gasteiger partial charge in [0.2, 0.25) is 0 Å². The van der Waals surface area contributed by atoms with Crippen molar-refractivity contribution in [2.75, 3.05) is 19.8 Å². The largest absolute Gasteiger partial charge is 0.379 e. The third kappa shape index (κ3) is 2.61. The van der Waals surface area contributed by atoms with E-state index >= 15 is 0 Å². The van der Waals surface area contributed by atoms with Crippen LogP contribution in [0.2, 0.25) is 0 Å². The first-order valence-electron chi connectivity index (χ1n) is 4.76. The average Bonchev–Trinajstić information content (AvgIpc) is 1.99. The lowest BCUT2D eigenvalue weighted by atomic mass is 9.81. The summed E-state index contributed by atoms with van der Waals surface area (Å²) in [5.74, 6) is 1.01. The predicted molar refractivity (Wildman–Crippen MR) is 51.8 cm³/mol. The molecular weight excluding hydrogens is 174 g/mol. The van der Waals surface area contributed by atoms with Gasteiger partial charge in [-0.1, -0.05) is 19.3 Å². The zero-order valence-electron chi connectivity index (χ0n) is 7.42. The highest BCUT2D eigenvalue weighted by atomic mass is 35.5. The van der Waals surface area contributed by atoms with Crippen LogP contribution in [0, 0.1) is 5.92 Å². The molecule has 1 heterocycles. The first-order chi connectivity index (χ1) is 5.45. The van der Waals surface area contributed by atoms with Gasteiger partial charge in [0, 0.05) is 12.6 Å². The molecule has 0 aromatic heterocycles. The minimum atomic E-state index is 0. The second-order valence-corrected chi connectivity index (χ2v) is 3.76. The minimum absolute atomic E-state index is 0. The second kappa shape index (κ2) is 5.05. The first-order valence-corrected chi connectivity index (χ1v) is 4.76. The molecule has 3 heteroatoms. The quantitative estimate of drug-likeness (QED) is 0.716. The van der Waals surface area contributed by atoms with Crippen LogP contribution in [0.1, 0.15) is 25.7 Å². The van der Waals surface area contributed by atoms with Crippen LogP contribution < -0.4 is 5.32 Å². The number of halogens is 1. The minimum Gasteiger partial charge on any atom is -0.379 e. The Labute approximate surface area is 80.5 Å². The van der Waals surface area contributed by atoms with Crippen molar-refractivity contribution in [2.24, 2.45) is 5.92 Å². The van der Waals surface area contributed by atoms with Gasteiger partial charge in [0.05, 0.1) is 13.2 Å². The van der Waals surface area contributed by atoms with Gasteiger partial charge in [-0.3, -0.25) is 0 Å². The fourth-order valence-electron chi connectivity index (χ4n) is 1.90. The van der Waals surface area contributed by atoms with Crippen LogP contribution in [0.25, 0.3) is 0 Å². The Hall–Kier alpha value is 0.210. The summed E-state index contributed by atoms with van der Waals surface area (Å²) in [5.41, 5.74) is 0. The summed E-state index contributed by atoms with van der Waals surface area (Å²) >= 11 is 0. The molecule has 1 N–H and O–H groups in total. The smallest absolute Gasteiger partial charge is 0.0620 e. The number of nitrogens with one attached hydrogen (secondary N) is 1. The van der Waals surface area contributed by atoms with E-state index in [4.69, 9.17) is 4.74 Å². The van der Waals surface area contributed by atoms with Crippen molar-refractivity contribution < 1.29 is 4.74 Å². The summed E-state index contributed by atoms with van der Waals surface area (Å²) in [5, 5.41) is 3.49. The van der Waals surface area contributed by atoms with E-state index in [1.165, 1.54) is 25.7 Å². The monoisotopic (exact) mass is 191 g/mol. The van der Waals surface area contributed by atoms with Gasteiger partial charge in [-0.15, -0.1) is 12.4 Å². The van der Waals surface area contributed by atoms with Crippen molar-refractivity contribution in [3.05, 3.63) is 0 Å². The van der Waals surface area contributed by atoms with E-state index in [2.05, 4.69) is 5.32 Å². The van der Waals surface area contributed by atoms with Gasteiger partial charge in [0.1, 0.15) is 0 Å². The third-order valence-corrected chi connectivity index (χ3v) is 2.84. The molecule has 2 nitrogen and oxygen atoms in total. The number of ether oxygens (including phenoxy) is 1. The second-order valence-electron chi connectivity index (χ2n) is 3.76. The molecule has 0 bridgehead atoms. The zero-order chi connectivity index (χ0) is 7.52. The molecule has 0 amide bonds. The predicted octanol–water partition coefficient (Wildman–Crippen LogP) is 1.59. The van der Waals surface area contributed by atoms with Gasteiger partial charge in [-0.25, -0.2) is 0 Å². The number of morpholine rings is 1. The Bertz CT molecular complexity index is 122. The fourth-order valence-corrected chi connectivity index (χ4v) is 1.90. The lowest BCUT2D eigenvalue weighted by Gasteiger charge is -2.32. The molecule has 1 saturated carbocycles. The van der Waals surface area contributed by atoms with Gasteiger partial charge in [0.25, 0.3) is 0 Å². The van der Waals surface area contributed by atoms with Gasteiger partial charge in [-0.05, 0) is 12.3 Å². The average molecular weight is 192 g/mol. The van der Waals surface area contributed by atoms with E-state index in [1.54, 1.807) is 0 Å². The molecule has 1 unspecified atom stereocenters. The molecule has 1 aliphatic heterocycles. The van der Waals surface area contributed by atoms with Gasteiger partial charge >= 0.3 is 0 Å². The van der Waals surface area contributed by atoms with E-state index in [1.807, 2.05) is 0 Å². The van der Waals surface area contributed by atoms with Crippen molar-refractivity contribution in [3.8, 4) is 0 Å². The summed E-state index contributed by atoms with van der Waals surface area (Å²) in [6.07, 6.45) is 5.72. The number of rotatable bonds is 2. The molecule has 0 aromatic rings. The standard InChI is InChI=1S/C9H17NO.ClH/c1-2-8(3-1)6-9-7-11-5-4-10-9;/h8-10H,1-7H2;1H. The molecule has 1 saturated heterocycles. The fraction of sp³-hybridized carbons (Fsp3) is 1.00. The lowest BCUT2D eigenvalue weighted by molar-refractivity contribution is 0.0627. The van der Waals surface area contributed by atoms with Gasteiger partial charge in [-0.2, -0.15) is 0 Å². The maximum absolute atomic E-state index is 5.39. The first kappa shape index (κ1) is 10.3. The maximum Gasteiger partial charge on any atom is 0.0620 e. The van der Waals surface area contributed by atoms with Gasteiger partial charge < -0.3 is 10.1 Å². The summed E-state index contributed by atoms with van der Waals surface area (Å²) in [4.78, 5) is 0. The van der Waals surface area contributed by atoms with Gasteiger partial charge in [0.15, 0.2) is 0 Å². The highest BCUT2D eigenvalue weighted by molar-refractivity contribution is 5.85. The van der Waals surface area contributed by atoms with Crippen LogP contribution in [-0.2, 0) is 4.74 Å². The summed E-state index contributed by atoms with van der Waals surface area (Å²) in [7, 11) is 0. The maximum atomic E-state index is 5.39. The molecule has 0 radical (unpaired) electrons. The molecule has 0 aromatic carbocycles. The van der Waals surface area contributed by atoms with Crippen molar-refractivity contribution >= 4 is 12.4 Å². The Morgan fingerprint density at radius 1 is 1.33 bits per heavy atom. The number of hydrogen-bond acceptors (Lipinski definition) is 2. The van der Waals surface area contributed by atoms with Crippen LogP contribution in [-0.4, -0.2) is 25.8 Å². The Morgan fingerprint density at radius 2 is 2.17 bits per heavy atom. The molecule has 2 rings (SSSR count). The van der Waals surface area contributed by atoms with Crippen LogP contribution in [0.15, 0.2) is 0 Å². The summed E-state index contributed by atoms with van der Waals surface area (Å²) in [6.45, 7) is 2.90. The van der Waals surface area contributed by atoms with Crippen molar-refractivity contribution in [1.82, 2.24) is 5.32 Å². The van der Waals surface area contributed by atoms with Crippen LogP contribution in [0.3, 0.4) is 0 Å². The molecule has 2 fully saturated rings. The van der Waals surface area contributed by atoms with E-state index in [9.17, 15) is 0 Å². The Balaban J connectivity index is 0.000000720. The summed E-state index contributed by atoms with van der Waals surface area (Å²) in [6, 6.07) is 0.661. The third-order valence-electron chi connectivity index (χ3n) is 2.84.